The average molecular weight is 963 g/mol. The maximum Gasteiger partial charge on any atom is 0.409 e. The number of halogens is 2. The number of carbonyl (C=O) groups is 3. The van der Waals surface area contributed by atoms with Crippen LogP contribution in [0.4, 0.5) is 35.7 Å². The molecule has 0 radical (unpaired) electrons. The highest BCUT2D eigenvalue weighted by Crippen LogP contribution is 2.45. The van der Waals surface area contributed by atoms with Gasteiger partial charge < -0.3 is 29.5 Å². The van der Waals surface area contributed by atoms with Crippen LogP contribution < -0.4 is 30.1 Å². The Morgan fingerprint density at radius 3 is 2.58 bits per heavy atom. The lowest BCUT2D eigenvalue weighted by atomic mass is 9.94. The fourth-order valence-electron chi connectivity index (χ4n) is 11.9. The van der Waals surface area contributed by atoms with Crippen LogP contribution in [0, 0.1) is 24.0 Å². The van der Waals surface area contributed by atoms with E-state index < -0.39 is 23.2 Å². The molecule has 12 rings (SSSR count). The molecule has 6 saturated heterocycles. The second-order valence-corrected chi connectivity index (χ2v) is 19.7. The predicted octanol–water partition coefficient (Wildman–Crippen LogP) is 5.88. The van der Waals surface area contributed by atoms with Gasteiger partial charge in [-0.15, -0.1) is 6.42 Å². The van der Waals surface area contributed by atoms with E-state index >= 15 is 8.78 Å². The minimum atomic E-state index is -0.682. The van der Waals surface area contributed by atoms with E-state index in [1.54, 1.807) is 40.0 Å². The molecule has 2 N–H and O–H groups in total. The van der Waals surface area contributed by atoms with Crippen LogP contribution in [0.25, 0.3) is 43.8 Å². The van der Waals surface area contributed by atoms with Crippen LogP contribution >= 0.6 is 0 Å². The van der Waals surface area contributed by atoms with Gasteiger partial charge in [0.15, 0.2) is 11.6 Å². The van der Waals surface area contributed by atoms with Gasteiger partial charge in [0.25, 0.3) is 0 Å². The lowest BCUT2D eigenvalue weighted by Gasteiger charge is -2.36. The molecule has 0 saturated carbocycles. The van der Waals surface area contributed by atoms with Crippen molar-refractivity contribution >= 4 is 67.9 Å². The number of amides is 4. The zero-order valence-electron chi connectivity index (χ0n) is 39.3. The summed E-state index contributed by atoms with van der Waals surface area (Å²) in [7, 11) is 1.83. The number of pyridine rings is 1. The molecule has 2 bridgehead atoms. The quantitative estimate of drug-likeness (QED) is 0.131. The number of aryl methyl sites for hydroxylation is 1. The standard InChI is InChI=1S/C52H52F2N12O5/c1-4-36-40(53)13-8-31-6-5-7-38(43(31)36)45-44(54)46-39(24-55-45)47(64-26-32-9-10-33(27-64)56-32)59-49(58-46)71-29-52-16-14-35(66(52)25-30(2)23-52)28-70-51(69)63-20-18-62(19-21-63)34-11-12-37-41(22-34)61(3)60-48(37)65-17-15-42(67)57-50(65)68/h1,5-8,11-13,22,24,32-33,35,56H,2,9-10,14-21,23,25-29H2,3H3,(H,57,67,68)/t32-,33+,35-,52-/m0/s1. The number of benzene rings is 3. The van der Waals surface area contributed by atoms with Crippen molar-refractivity contribution in [3.05, 3.63) is 84.1 Å². The van der Waals surface area contributed by atoms with Gasteiger partial charge in [-0.05, 0) is 61.8 Å². The molecule has 6 aromatic rings. The molecule has 19 heteroatoms. The molecule has 9 heterocycles. The zero-order valence-corrected chi connectivity index (χ0v) is 39.3. The topological polar surface area (TPSA) is 166 Å². The van der Waals surface area contributed by atoms with Crippen LogP contribution in [0.1, 0.15) is 44.1 Å². The summed E-state index contributed by atoms with van der Waals surface area (Å²) in [5.74, 6) is 1.96. The van der Waals surface area contributed by atoms with Crippen LogP contribution in [0.5, 0.6) is 6.01 Å². The number of hydrogen-bond acceptors (Lipinski definition) is 13. The van der Waals surface area contributed by atoms with Gasteiger partial charge in [-0.25, -0.2) is 18.4 Å². The predicted molar refractivity (Wildman–Crippen MR) is 263 cm³/mol. The number of rotatable bonds is 9. The number of urea groups is 1. The third-order valence-electron chi connectivity index (χ3n) is 15.4. The highest BCUT2D eigenvalue weighted by Gasteiger charge is 2.52. The van der Waals surface area contributed by atoms with Gasteiger partial charge in [-0.1, -0.05) is 42.3 Å². The fraction of sp³-hybridized carbons (Fsp3) is 0.404. The first kappa shape index (κ1) is 44.8. The summed E-state index contributed by atoms with van der Waals surface area (Å²) in [4.78, 5) is 62.2. The smallest absolute Gasteiger partial charge is 0.409 e. The molecule has 6 fully saturated rings. The number of ether oxygens (including phenoxy) is 2. The molecule has 71 heavy (non-hydrogen) atoms. The molecule has 4 atom stereocenters. The number of anilines is 3. The van der Waals surface area contributed by atoms with Gasteiger partial charge in [0.2, 0.25) is 5.91 Å². The summed E-state index contributed by atoms with van der Waals surface area (Å²) in [6, 6.07) is 14.2. The summed E-state index contributed by atoms with van der Waals surface area (Å²) in [5, 5.41) is 13.0. The molecule has 364 valence electrons. The number of hydrogen-bond donors (Lipinski definition) is 2. The summed E-state index contributed by atoms with van der Waals surface area (Å²) in [6.07, 6.45) is 11.5. The highest BCUT2D eigenvalue weighted by atomic mass is 19.1. The number of carbonyl (C=O) groups excluding carboxylic acids is 3. The van der Waals surface area contributed by atoms with E-state index in [0.29, 0.717) is 85.6 Å². The maximum absolute atomic E-state index is 17.2. The largest absolute Gasteiger partial charge is 0.461 e. The molecule has 0 spiro atoms. The Balaban J connectivity index is 0.738. The van der Waals surface area contributed by atoms with E-state index in [1.807, 2.05) is 25.2 Å². The number of imide groups is 1. The van der Waals surface area contributed by atoms with Crippen LogP contribution in [-0.2, 0) is 16.6 Å². The number of fused-ring (bicyclic) bond motifs is 6. The lowest BCUT2D eigenvalue weighted by Crippen LogP contribution is -2.51. The first-order valence-corrected chi connectivity index (χ1v) is 24.3. The maximum atomic E-state index is 17.2. The average Bonchev–Trinajstić information content (AvgIpc) is 4.10. The number of nitrogens with zero attached hydrogens (tertiary/aromatic N) is 10. The van der Waals surface area contributed by atoms with Crippen molar-refractivity contribution in [2.24, 2.45) is 7.05 Å². The fourth-order valence-corrected chi connectivity index (χ4v) is 11.9. The normalized spacial score (nSPS) is 23.5. The van der Waals surface area contributed by atoms with Crippen molar-refractivity contribution in [1.82, 2.24) is 45.2 Å². The number of piperazine rings is 2. The minimum absolute atomic E-state index is 0.00200. The van der Waals surface area contributed by atoms with Gasteiger partial charge in [0, 0.05) is 112 Å². The first-order chi connectivity index (χ1) is 34.4. The first-order valence-electron chi connectivity index (χ1n) is 24.3. The number of nitrogens with one attached hydrogen (secondary N) is 2. The van der Waals surface area contributed by atoms with Gasteiger partial charge in [-0.3, -0.25) is 29.6 Å². The van der Waals surface area contributed by atoms with Crippen molar-refractivity contribution in [1.29, 1.82) is 0 Å². The highest BCUT2D eigenvalue weighted by molar-refractivity contribution is 6.09. The number of terminal acetylenes is 1. The Hall–Kier alpha value is -7.43. The van der Waals surface area contributed by atoms with Crippen LogP contribution in [0.3, 0.4) is 0 Å². The summed E-state index contributed by atoms with van der Waals surface area (Å²) in [6.45, 7) is 9.20. The lowest BCUT2D eigenvalue weighted by molar-refractivity contribution is -0.120. The monoisotopic (exact) mass is 962 g/mol. The number of aromatic nitrogens is 5. The molecular formula is C52H52F2N12O5. The van der Waals surface area contributed by atoms with Gasteiger partial charge in [0.1, 0.15) is 36.1 Å². The second-order valence-electron chi connectivity index (χ2n) is 19.7. The van der Waals surface area contributed by atoms with Crippen molar-refractivity contribution in [3.8, 4) is 29.6 Å². The van der Waals surface area contributed by atoms with E-state index in [4.69, 9.17) is 25.9 Å². The molecule has 6 aliphatic heterocycles. The zero-order chi connectivity index (χ0) is 48.7. The second kappa shape index (κ2) is 17.5. The van der Waals surface area contributed by atoms with Crippen molar-refractivity contribution in [3.63, 3.8) is 0 Å². The Morgan fingerprint density at radius 2 is 1.79 bits per heavy atom. The Labute approximate surface area is 407 Å². The molecule has 0 unspecified atom stereocenters. The Bertz CT molecular complexity index is 3250. The third-order valence-corrected chi connectivity index (χ3v) is 15.4. The molecule has 3 aromatic heterocycles. The Kier molecular flexibility index (Phi) is 11.0. The van der Waals surface area contributed by atoms with Crippen molar-refractivity contribution < 1.29 is 32.6 Å². The molecule has 0 aliphatic carbocycles. The summed E-state index contributed by atoms with van der Waals surface area (Å²) in [5.41, 5.74) is 2.86. The van der Waals surface area contributed by atoms with Crippen LogP contribution in [0.15, 0.2) is 66.9 Å². The summed E-state index contributed by atoms with van der Waals surface area (Å²) < 4.78 is 46.6. The van der Waals surface area contributed by atoms with E-state index in [1.165, 1.54) is 11.0 Å². The molecule has 6 aliphatic rings. The van der Waals surface area contributed by atoms with Gasteiger partial charge in [0.05, 0.1) is 22.0 Å². The molecule has 17 nitrogen and oxygen atoms in total. The van der Waals surface area contributed by atoms with E-state index in [2.05, 4.69) is 47.9 Å². The Morgan fingerprint density at radius 1 is 0.972 bits per heavy atom. The van der Waals surface area contributed by atoms with Crippen LogP contribution in [0.2, 0.25) is 0 Å². The van der Waals surface area contributed by atoms with Gasteiger partial charge in [-0.2, -0.15) is 15.1 Å². The minimum Gasteiger partial charge on any atom is -0.461 e. The SMILES string of the molecule is C#Cc1c(F)ccc2cccc(-c3ncc4c(N5C[C@H]6CC[C@@H](C5)N6)nc(OC[C@@]56CC[C@@H](COC(=O)N7CCN(c8ccc9c(N%10CCC(=O)NC%10=O)nn(C)c9c8)CC7)N5CC(=C)C6)nc4c3F)c12. The van der Waals surface area contributed by atoms with Crippen molar-refractivity contribution in [2.75, 3.05) is 80.3 Å². The molecule has 3 aromatic carbocycles. The van der Waals surface area contributed by atoms with E-state index in [0.717, 1.165) is 47.8 Å². The van der Waals surface area contributed by atoms with Crippen molar-refractivity contribution in [2.45, 2.75) is 62.2 Å². The van der Waals surface area contributed by atoms with Crippen LogP contribution in [-0.4, -0.2) is 142 Å². The third kappa shape index (κ3) is 7.80. The van der Waals surface area contributed by atoms with E-state index in [-0.39, 0.29) is 79.1 Å². The summed E-state index contributed by atoms with van der Waals surface area (Å²) >= 11 is 0. The van der Waals surface area contributed by atoms with E-state index in [9.17, 15) is 14.4 Å². The molecular weight excluding hydrogens is 911 g/mol. The van der Waals surface area contributed by atoms with Gasteiger partial charge >= 0.3 is 18.1 Å². The molecule has 4 amide bonds.